The monoisotopic (exact) mass is 263 g/mol. The number of fused-ring (bicyclic) bond motifs is 1. The lowest BCUT2D eigenvalue weighted by Crippen LogP contribution is -2.31. The third-order valence-corrected chi connectivity index (χ3v) is 3.41. The highest BCUT2D eigenvalue weighted by atomic mass is 35.5. The van der Waals surface area contributed by atoms with Gasteiger partial charge in [-0.05, 0) is 45.3 Å². The highest BCUT2D eigenvalue weighted by molar-refractivity contribution is 6.31. The summed E-state index contributed by atoms with van der Waals surface area (Å²) in [6.07, 6.45) is 1.81. The van der Waals surface area contributed by atoms with Crippen molar-refractivity contribution >= 4 is 28.2 Å². The van der Waals surface area contributed by atoms with Gasteiger partial charge in [0.15, 0.2) is 0 Å². The largest absolute Gasteiger partial charge is 0.383 e. The van der Waals surface area contributed by atoms with Crippen LogP contribution in [0.25, 0.3) is 10.9 Å². The van der Waals surface area contributed by atoms with Crippen LogP contribution in [0.2, 0.25) is 5.02 Å². The van der Waals surface area contributed by atoms with E-state index in [1.165, 1.54) is 0 Å². The predicted octanol–water partition coefficient (Wildman–Crippen LogP) is 3.25. The number of anilines is 1. The minimum absolute atomic E-state index is 0.473. The summed E-state index contributed by atoms with van der Waals surface area (Å²) in [6, 6.07) is 8.26. The van der Waals surface area contributed by atoms with Crippen LogP contribution in [-0.4, -0.2) is 36.6 Å². The Labute approximate surface area is 113 Å². The number of nitrogens with zero attached hydrogens (tertiary/aromatic N) is 2. The van der Waals surface area contributed by atoms with Gasteiger partial charge in [0.05, 0.1) is 5.52 Å². The molecule has 18 heavy (non-hydrogen) atoms. The molecule has 1 heterocycles. The Morgan fingerprint density at radius 1 is 1.33 bits per heavy atom. The van der Waals surface area contributed by atoms with Crippen LogP contribution in [0.15, 0.2) is 30.5 Å². The molecular weight excluding hydrogens is 246 g/mol. The number of benzene rings is 1. The average Bonchev–Trinajstić information content (AvgIpc) is 2.35. The molecule has 1 N–H and O–H groups in total. The van der Waals surface area contributed by atoms with Gasteiger partial charge in [-0.25, -0.2) is 0 Å². The highest BCUT2D eigenvalue weighted by Crippen LogP contribution is 2.24. The van der Waals surface area contributed by atoms with Gasteiger partial charge in [0.25, 0.3) is 0 Å². The molecule has 1 aromatic carbocycles. The molecule has 1 atom stereocenters. The first-order valence-electron chi connectivity index (χ1n) is 6.02. The average molecular weight is 264 g/mol. The number of nitrogens with one attached hydrogen (secondary N) is 1. The van der Waals surface area contributed by atoms with Crippen molar-refractivity contribution in [1.29, 1.82) is 0 Å². The van der Waals surface area contributed by atoms with Gasteiger partial charge >= 0.3 is 0 Å². The van der Waals surface area contributed by atoms with Gasteiger partial charge in [-0.3, -0.25) is 4.98 Å². The lowest BCUT2D eigenvalue weighted by Gasteiger charge is -2.21. The van der Waals surface area contributed by atoms with E-state index in [4.69, 9.17) is 11.6 Å². The quantitative estimate of drug-likeness (QED) is 0.918. The van der Waals surface area contributed by atoms with Crippen molar-refractivity contribution in [1.82, 2.24) is 9.88 Å². The van der Waals surface area contributed by atoms with Crippen LogP contribution in [-0.2, 0) is 0 Å². The maximum Gasteiger partial charge on any atom is 0.0737 e. The number of hydrogen-bond acceptors (Lipinski definition) is 3. The van der Waals surface area contributed by atoms with Gasteiger partial charge in [0.1, 0.15) is 0 Å². The molecule has 0 bridgehead atoms. The summed E-state index contributed by atoms with van der Waals surface area (Å²) in [6.45, 7) is 3.09. The van der Waals surface area contributed by atoms with Gasteiger partial charge in [0.2, 0.25) is 0 Å². The molecule has 0 amide bonds. The zero-order chi connectivity index (χ0) is 13.1. The van der Waals surface area contributed by atoms with Crippen molar-refractivity contribution in [3.05, 3.63) is 35.5 Å². The number of likely N-dealkylation sites (N-methyl/N-ethyl adjacent to an activating group) is 1. The smallest absolute Gasteiger partial charge is 0.0737 e. The molecule has 3 nitrogen and oxygen atoms in total. The second-order valence-corrected chi connectivity index (χ2v) is 5.15. The maximum absolute atomic E-state index is 5.97. The lowest BCUT2D eigenvalue weighted by molar-refractivity contribution is 0.326. The van der Waals surface area contributed by atoms with Crippen molar-refractivity contribution in [3.8, 4) is 0 Å². The van der Waals surface area contributed by atoms with Crippen LogP contribution < -0.4 is 5.32 Å². The molecular formula is C14H18ClN3. The fraction of sp³-hybridized carbons (Fsp3) is 0.357. The van der Waals surface area contributed by atoms with E-state index in [-0.39, 0.29) is 0 Å². The highest BCUT2D eigenvalue weighted by Gasteiger charge is 2.06. The normalized spacial score (nSPS) is 12.9. The van der Waals surface area contributed by atoms with Gasteiger partial charge in [-0.2, -0.15) is 0 Å². The van der Waals surface area contributed by atoms with E-state index in [9.17, 15) is 0 Å². The van der Waals surface area contributed by atoms with Crippen LogP contribution in [0, 0.1) is 0 Å². The molecule has 0 radical (unpaired) electrons. The first-order chi connectivity index (χ1) is 8.58. The minimum atomic E-state index is 0.473. The van der Waals surface area contributed by atoms with E-state index in [1.54, 1.807) is 6.20 Å². The maximum atomic E-state index is 5.97. The Kier molecular flexibility index (Phi) is 4.04. The molecule has 0 fully saturated rings. The third-order valence-electron chi connectivity index (χ3n) is 3.17. The predicted molar refractivity (Wildman–Crippen MR) is 78.4 cm³/mol. The number of pyridine rings is 1. The Bertz CT molecular complexity index is 540. The molecule has 4 heteroatoms. The third kappa shape index (κ3) is 2.92. The molecule has 1 aromatic heterocycles. The van der Waals surface area contributed by atoms with Crippen molar-refractivity contribution in [2.45, 2.75) is 13.0 Å². The second kappa shape index (κ2) is 5.55. The summed E-state index contributed by atoms with van der Waals surface area (Å²) in [5.41, 5.74) is 2.02. The Morgan fingerprint density at radius 3 is 2.83 bits per heavy atom. The summed E-state index contributed by atoms with van der Waals surface area (Å²) < 4.78 is 0. The molecule has 0 unspecified atom stereocenters. The first-order valence-corrected chi connectivity index (χ1v) is 6.40. The van der Waals surface area contributed by atoms with Crippen molar-refractivity contribution in [2.75, 3.05) is 26.0 Å². The number of rotatable bonds is 4. The molecule has 2 rings (SSSR count). The second-order valence-electron chi connectivity index (χ2n) is 4.71. The summed E-state index contributed by atoms with van der Waals surface area (Å²) >= 11 is 5.97. The van der Waals surface area contributed by atoms with E-state index in [2.05, 4.69) is 36.2 Å². The Morgan fingerprint density at radius 2 is 2.11 bits per heavy atom. The van der Waals surface area contributed by atoms with Crippen LogP contribution in [0.5, 0.6) is 0 Å². The van der Waals surface area contributed by atoms with Crippen molar-refractivity contribution in [2.24, 2.45) is 0 Å². The van der Waals surface area contributed by atoms with Crippen LogP contribution in [0.1, 0.15) is 6.92 Å². The molecule has 0 saturated carbocycles. The fourth-order valence-corrected chi connectivity index (χ4v) is 1.88. The van der Waals surface area contributed by atoms with Crippen molar-refractivity contribution < 1.29 is 0 Å². The molecule has 0 aliphatic heterocycles. The number of halogens is 1. The molecule has 96 valence electrons. The van der Waals surface area contributed by atoms with Gasteiger partial charge < -0.3 is 10.2 Å². The Hall–Kier alpha value is -1.32. The molecule has 0 aliphatic carbocycles. The summed E-state index contributed by atoms with van der Waals surface area (Å²) in [4.78, 5) is 6.52. The zero-order valence-corrected chi connectivity index (χ0v) is 11.7. The number of aromatic nitrogens is 1. The molecule has 2 aromatic rings. The first kappa shape index (κ1) is 13.1. The van der Waals surface area contributed by atoms with E-state index in [1.807, 2.05) is 24.3 Å². The van der Waals surface area contributed by atoms with E-state index >= 15 is 0 Å². The molecule has 0 aliphatic rings. The number of hydrogen-bond donors (Lipinski definition) is 1. The SMILES string of the molecule is C[C@H](CNc1ccnc2cc(Cl)ccc12)N(C)C. The summed E-state index contributed by atoms with van der Waals surface area (Å²) in [7, 11) is 4.16. The molecule has 0 saturated heterocycles. The van der Waals surface area contributed by atoms with Crippen LogP contribution in [0.3, 0.4) is 0 Å². The standard InChI is InChI=1S/C14H18ClN3/c1-10(18(2)3)9-17-13-6-7-16-14-8-11(15)4-5-12(13)14/h4-8,10H,9H2,1-3H3,(H,16,17)/t10-/m1/s1. The molecule has 0 spiro atoms. The van der Waals surface area contributed by atoms with Gasteiger partial charge in [-0.15, -0.1) is 0 Å². The van der Waals surface area contributed by atoms with Crippen molar-refractivity contribution in [3.63, 3.8) is 0 Å². The van der Waals surface area contributed by atoms with Crippen LogP contribution >= 0.6 is 11.6 Å². The van der Waals surface area contributed by atoms with E-state index in [0.29, 0.717) is 11.1 Å². The fourth-order valence-electron chi connectivity index (χ4n) is 1.72. The van der Waals surface area contributed by atoms with Gasteiger partial charge in [-0.1, -0.05) is 11.6 Å². The zero-order valence-electron chi connectivity index (χ0n) is 10.9. The van der Waals surface area contributed by atoms with E-state index in [0.717, 1.165) is 23.1 Å². The van der Waals surface area contributed by atoms with Gasteiger partial charge in [0, 0.05) is 34.9 Å². The van der Waals surface area contributed by atoms with E-state index < -0.39 is 0 Å². The topological polar surface area (TPSA) is 28.2 Å². The summed E-state index contributed by atoms with van der Waals surface area (Å²) in [5, 5.41) is 5.28. The van der Waals surface area contributed by atoms with Crippen LogP contribution in [0.4, 0.5) is 5.69 Å². The summed E-state index contributed by atoms with van der Waals surface area (Å²) in [5.74, 6) is 0. The Balaban J connectivity index is 2.23. The lowest BCUT2D eigenvalue weighted by atomic mass is 10.2. The minimum Gasteiger partial charge on any atom is -0.383 e.